The van der Waals surface area contributed by atoms with Gasteiger partial charge in [-0.05, 0) is 50.4 Å². The van der Waals surface area contributed by atoms with E-state index in [0.29, 0.717) is 34.4 Å². The number of aromatic nitrogens is 2. The van der Waals surface area contributed by atoms with Gasteiger partial charge in [0.15, 0.2) is 17.3 Å². The van der Waals surface area contributed by atoms with E-state index in [2.05, 4.69) is 20.2 Å². The van der Waals surface area contributed by atoms with Crippen molar-refractivity contribution >= 4 is 39.9 Å². The third-order valence-electron chi connectivity index (χ3n) is 7.45. The van der Waals surface area contributed by atoms with Gasteiger partial charge in [0, 0.05) is 31.6 Å². The van der Waals surface area contributed by atoms with Crippen molar-refractivity contribution in [3.63, 3.8) is 0 Å². The summed E-state index contributed by atoms with van der Waals surface area (Å²) in [6, 6.07) is 8.50. The number of aromatic hydroxyl groups is 1. The lowest BCUT2D eigenvalue weighted by molar-refractivity contribution is -0.137. The molecule has 1 saturated heterocycles. The fraction of sp³-hybridized carbons (Fsp3) is 0.483. The molecule has 2 aromatic carbocycles. The van der Waals surface area contributed by atoms with Gasteiger partial charge in [-0.25, -0.2) is 14.4 Å². The Morgan fingerprint density at radius 2 is 1.87 bits per heavy atom. The number of carbonyl (C=O) groups excluding carboxylic acids is 1. The summed E-state index contributed by atoms with van der Waals surface area (Å²) in [5.74, 6) is 0.332. The van der Waals surface area contributed by atoms with E-state index in [0.717, 1.165) is 13.0 Å². The van der Waals surface area contributed by atoms with E-state index in [1.54, 1.807) is 23.1 Å². The molecule has 8 nitrogen and oxygen atoms in total. The van der Waals surface area contributed by atoms with Crippen LogP contribution in [0.15, 0.2) is 36.7 Å². The number of methoxy groups -OCH3 is 1. The number of fused-ring (bicyclic) bond motifs is 1. The molecule has 1 aliphatic carbocycles. The largest absolute Gasteiger partial charge is 0.504 e. The lowest BCUT2D eigenvalue weighted by atomic mass is 9.90. The Balaban J connectivity index is 0.000000187. The second-order valence-corrected chi connectivity index (χ2v) is 10.7. The first-order valence-corrected chi connectivity index (χ1v) is 13.9. The van der Waals surface area contributed by atoms with Gasteiger partial charge in [-0.2, -0.15) is 0 Å². The van der Waals surface area contributed by atoms with E-state index >= 15 is 0 Å². The molecule has 0 bridgehead atoms. The van der Waals surface area contributed by atoms with Crippen LogP contribution in [0.2, 0.25) is 5.02 Å². The first-order valence-electron chi connectivity index (χ1n) is 13.5. The molecule has 1 saturated carbocycles. The number of nitrogens with zero attached hydrogens (tertiary/aromatic N) is 4. The number of anilines is 2. The summed E-state index contributed by atoms with van der Waals surface area (Å²) < 4.78 is 19.0. The number of hydrogen-bond donors (Lipinski definition) is 2. The summed E-state index contributed by atoms with van der Waals surface area (Å²) in [6.45, 7) is 1.13. The van der Waals surface area contributed by atoms with Gasteiger partial charge < -0.3 is 20.1 Å². The number of phenolic OH excluding ortho intramolecular Hbond substituents is 1. The predicted molar refractivity (Wildman–Crippen MR) is 152 cm³/mol. The number of hydrogen-bond acceptors (Lipinski definition) is 7. The van der Waals surface area contributed by atoms with Gasteiger partial charge in [-0.3, -0.25) is 9.69 Å². The molecule has 5 rings (SSSR count). The number of benzene rings is 2. The maximum atomic E-state index is 14.0. The van der Waals surface area contributed by atoms with Crippen LogP contribution in [0.3, 0.4) is 0 Å². The second-order valence-electron chi connectivity index (χ2n) is 10.3. The van der Waals surface area contributed by atoms with Gasteiger partial charge in [0.2, 0.25) is 5.91 Å². The summed E-state index contributed by atoms with van der Waals surface area (Å²) >= 11 is 5.76. The van der Waals surface area contributed by atoms with Crippen LogP contribution in [0.25, 0.3) is 10.9 Å². The molecule has 2 N–H and O–H groups in total. The van der Waals surface area contributed by atoms with E-state index < -0.39 is 5.82 Å². The van der Waals surface area contributed by atoms with Crippen molar-refractivity contribution in [2.45, 2.75) is 63.5 Å². The monoisotopic (exact) mass is 557 g/mol. The Labute approximate surface area is 234 Å². The average molecular weight is 558 g/mol. The van der Waals surface area contributed by atoms with Crippen LogP contribution in [-0.2, 0) is 4.79 Å². The number of halogens is 2. The highest BCUT2D eigenvalue weighted by Gasteiger charge is 2.34. The van der Waals surface area contributed by atoms with Gasteiger partial charge in [-0.1, -0.05) is 43.4 Å². The lowest BCUT2D eigenvalue weighted by Crippen LogP contribution is -2.53. The van der Waals surface area contributed by atoms with Crippen LogP contribution in [0.1, 0.15) is 51.4 Å². The van der Waals surface area contributed by atoms with Gasteiger partial charge >= 0.3 is 0 Å². The number of ether oxygens (including phenoxy) is 1. The third kappa shape index (κ3) is 6.89. The van der Waals surface area contributed by atoms with E-state index in [1.165, 1.54) is 70.5 Å². The SMILES string of the molecule is CN(C)C(=O)[C@H]1CCCCN1C1CCCCC1.COc1cc2ncnc(Nc3cccc(Cl)c3F)c2cc1O. The normalized spacial score (nSPS) is 18.2. The molecule has 39 heavy (non-hydrogen) atoms. The minimum absolute atomic E-state index is 0.00729. The number of carbonyl (C=O) groups is 1. The number of phenols is 1. The Kier molecular flexibility index (Phi) is 9.80. The molecule has 1 aromatic heterocycles. The zero-order valence-electron chi connectivity index (χ0n) is 22.8. The molecule has 10 heteroatoms. The Morgan fingerprint density at radius 1 is 1.13 bits per heavy atom. The van der Waals surface area contributed by atoms with Crippen molar-refractivity contribution in [3.8, 4) is 11.5 Å². The van der Waals surface area contributed by atoms with Crippen LogP contribution >= 0.6 is 11.6 Å². The Morgan fingerprint density at radius 3 is 2.59 bits per heavy atom. The molecule has 210 valence electrons. The minimum atomic E-state index is -0.575. The topological polar surface area (TPSA) is 90.8 Å². The standard InChI is InChI=1S/C15H11ClFN3O2.C14H26N2O/c1-22-13-6-11-8(5-12(13)21)15(19-7-18-11)20-10-4-2-3-9(16)14(10)17;1-15(2)14(17)13-10-6-7-11-16(13)12-8-4-3-5-9-12/h2-7,21H,1H3,(H,18,19,20);12-13H,3-11H2,1-2H3/t;13-/m.1/s1. The summed E-state index contributed by atoms with van der Waals surface area (Å²) in [4.78, 5) is 24.7. The van der Waals surface area contributed by atoms with E-state index in [9.17, 15) is 14.3 Å². The summed E-state index contributed by atoms with van der Waals surface area (Å²) in [7, 11) is 5.22. The second kappa shape index (κ2) is 13.3. The molecular weight excluding hydrogens is 521 g/mol. The van der Waals surface area contributed by atoms with Gasteiger partial charge in [-0.15, -0.1) is 0 Å². The third-order valence-corrected chi connectivity index (χ3v) is 7.75. The Bertz CT molecular complexity index is 1290. The van der Waals surface area contributed by atoms with Gasteiger partial charge in [0.25, 0.3) is 0 Å². The van der Waals surface area contributed by atoms with Crippen LogP contribution in [0.4, 0.5) is 15.9 Å². The van der Waals surface area contributed by atoms with Gasteiger partial charge in [0.1, 0.15) is 12.1 Å². The number of amides is 1. The maximum Gasteiger partial charge on any atom is 0.239 e. The number of nitrogens with one attached hydrogen (secondary N) is 1. The van der Waals surface area contributed by atoms with E-state index in [-0.39, 0.29) is 22.5 Å². The molecule has 0 unspecified atom stereocenters. The highest BCUT2D eigenvalue weighted by Crippen LogP contribution is 2.34. The van der Waals surface area contributed by atoms with Crippen LogP contribution in [-0.4, -0.2) is 70.6 Å². The first-order chi connectivity index (χ1) is 18.8. The molecule has 2 aliphatic rings. The fourth-order valence-corrected chi connectivity index (χ4v) is 5.60. The minimum Gasteiger partial charge on any atom is -0.504 e. The number of likely N-dealkylation sites (tertiary alicyclic amines) is 1. The molecule has 2 fully saturated rings. The molecular formula is C29H37ClFN5O3. The number of likely N-dealkylation sites (N-methyl/N-ethyl adjacent to an activating group) is 1. The fourth-order valence-electron chi connectivity index (χ4n) is 5.43. The molecule has 1 atom stereocenters. The Hall–Kier alpha value is -3.17. The number of piperidine rings is 1. The zero-order chi connectivity index (χ0) is 27.9. The van der Waals surface area contributed by atoms with Crippen LogP contribution < -0.4 is 10.1 Å². The predicted octanol–water partition coefficient (Wildman–Crippen LogP) is 6.14. The van der Waals surface area contributed by atoms with Gasteiger partial charge in [0.05, 0.1) is 29.4 Å². The molecule has 0 radical (unpaired) electrons. The van der Waals surface area contributed by atoms with E-state index in [1.807, 2.05) is 14.1 Å². The summed E-state index contributed by atoms with van der Waals surface area (Å²) in [5.41, 5.74) is 0.734. The quantitative estimate of drug-likeness (QED) is 0.389. The van der Waals surface area contributed by atoms with Crippen molar-refractivity contribution in [2.75, 3.05) is 33.1 Å². The molecule has 3 aromatic rings. The van der Waals surface area contributed by atoms with Crippen molar-refractivity contribution in [2.24, 2.45) is 0 Å². The molecule has 0 spiro atoms. The van der Waals surface area contributed by atoms with Crippen LogP contribution in [0, 0.1) is 5.82 Å². The highest BCUT2D eigenvalue weighted by atomic mass is 35.5. The lowest BCUT2D eigenvalue weighted by Gasteiger charge is -2.42. The van der Waals surface area contributed by atoms with Crippen molar-refractivity contribution in [1.29, 1.82) is 0 Å². The maximum absolute atomic E-state index is 14.0. The molecule has 2 heterocycles. The van der Waals surface area contributed by atoms with Crippen molar-refractivity contribution in [1.82, 2.24) is 19.8 Å². The number of rotatable bonds is 5. The van der Waals surface area contributed by atoms with Crippen molar-refractivity contribution in [3.05, 3.63) is 47.5 Å². The highest BCUT2D eigenvalue weighted by molar-refractivity contribution is 6.31. The molecule has 1 amide bonds. The summed E-state index contributed by atoms with van der Waals surface area (Å²) in [6.07, 6.45) is 11.6. The first kappa shape index (κ1) is 28.8. The van der Waals surface area contributed by atoms with Crippen LogP contribution in [0.5, 0.6) is 11.5 Å². The smallest absolute Gasteiger partial charge is 0.239 e. The molecule has 1 aliphatic heterocycles. The average Bonchev–Trinajstić information content (AvgIpc) is 2.96. The van der Waals surface area contributed by atoms with E-state index in [4.69, 9.17) is 16.3 Å². The zero-order valence-corrected chi connectivity index (χ0v) is 23.5. The summed E-state index contributed by atoms with van der Waals surface area (Å²) in [5, 5.41) is 13.3. The van der Waals surface area contributed by atoms with Crippen molar-refractivity contribution < 1.29 is 19.0 Å².